The van der Waals surface area contributed by atoms with Crippen LogP contribution in [0.25, 0.3) is 50.2 Å². The van der Waals surface area contributed by atoms with E-state index in [1.54, 1.807) is 18.2 Å². The number of para-hydroxylation sites is 5. The summed E-state index contributed by atoms with van der Waals surface area (Å²) in [4.78, 5) is 6.52. The van der Waals surface area contributed by atoms with Crippen LogP contribution in [0.15, 0.2) is 152 Å². The molecule has 12 nitrogen and oxygen atoms in total. The van der Waals surface area contributed by atoms with E-state index in [0.717, 1.165) is 42.7 Å². The van der Waals surface area contributed by atoms with Crippen molar-refractivity contribution in [3.63, 3.8) is 0 Å². The molecule has 0 N–H and O–H groups in total. The molecule has 12 heteroatoms. The number of aryl methyl sites for hydroxylation is 2. The molecule has 0 unspecified atom stereocenters. The van der Waals surface area contributed by atoms with E-state index in [2.05, 4.69) is 15.3 Å². The van der Waals surface area contributed by atoms with Crippen LogP contribution in [0.2, 0.25) is 0 Å². The first-order chi connectivity index (χ1) is 24.4. The Labute approximate surface area is 286 Å². The predicted molar refractivity (Wildman–Crippen MR) is 190 cm³/mol. The highest BCUT2D eigenvalue weighted by Crippen LogP contribution is 2.14. The zero-order valence-corrected chi connectivity index (χ0v) is 27.2. The van der Waals surface area contributed by atoms with Gasteiger partial charge in [-0.05, 0) is 101 Å². The van der Waals surface area contributed by atoms with Gasteiger partial charge in [0.15, 0.2) is 0 Å². The number of hydrogen-bond donors (Lipinski definition) is 0. The maximum Gasteiger partial charge on any atom is 0.250 e. The van der Waals surface area contributed by atoms with Gasteiger partial charge >= 0.3 is 0 Å². The smallest absolute Gasteiger partial charge is 0.250 e. The molecule has 3 heterocycles. The monoisotopic (exact) mass is 661 g/mol. The first-order valence-electron chi connectivity index (χ1n) is 15.8. The van der Waals surface area contributed by atoms with Gasteiger partial charge < -0.3 is 15.6 Å². The molecule has 0 fully saturated rings. The lowest BCUT2D eigenvalue weighted by atomic mass is 10.2. The van der Waals surface area contributed by atoms with Crippen LogP contribution in [0.4, 0.5) is 0 Å². The fourth-order valence-electron chi connectivity index (χ4n) is 5.37. The average molecular weight is 662 g/mol. The van der Waals surface area contributed by atoms with Crippen LogP contribution in [-0.2, 0) is 0 Å². The topological polar surface area (TPSA) is 134 Å². The van der Waals surface area contributed by atoms with Crippen LogP contribution in [0.5, 0.6) is 0 Å². The highest BCUT2D eigenvalue weighted by molar-refractivity contribution is 5.71. The fourth-order valence-corrected chi connectivity index (χ4v) is 5.37. The van der Waals surface area contributed by atoms with Gasteiger partial charge in [0.25, 0.3) is 0 Å². The first-order valence-corrected chi connectivity index (χ1v) is 15.8. The summed E-state index contributed by atoms with van der Waals surface area (Å²) in [5.74, 6) is 0. The van der Waals surface area contributed by atoms with Crippen LogP contribution in [0, 0.1) is 29.5 Å². The standard InChI is InChI=1S/2C13H11N3O.C12H9N3O/c1-10-6-2-4-8-12(10)15-14-11-7-3-5-9-13(11)16(15)17;1-10-6-8-11(9-7-10)15-14-12-4-2-3-5-13(12)16(15)17;16-15-12-9-5-4-8-11(12)13-14(15)10-6-2-1-3-7-10/h2*2-9H,1H3;1-9H. The molecule has 246 valence electrons. The number of benzene rings is 6. The Morgan fingerprint density at radius 1 is 0.400 bits per heavy atom. The number of nitrogens with zero attached hydrogens (tertiary/aromatic N) is 9. The van der Waals surface area contributed by atoms with Crippen molar-refractivity contribution in [1.82, 2.24) is 29.7 Å². The van der Waals surface area contributed by atoms with Crippen LogP contribution in [0.1, 0.15) is 11.1 Å². The lowest BCUT2D eigenvalue weighted by Crippen LogP contribution is -2.37. The number of fused-ring (bicyclic) bond motifs is 3. The van der Waals surface area contributed by atoms with Crippen molar-refractivity contribution in [1.29, 1.82) is 0 Å². The summed E-state index contributed by atoms with van der Waals surface area (Å²) in [5, 5.41) is 48.9. The quantitative estimate of drug-likeness (QED) is 0.179. The van der Waals surface area contributed by atoms with E-state index in [0.29, 0.717) is 33.1 Å². The van der Waals surface area contributed by atoms with Crippen LogP contribution >= 0.6 is 0 Å². The van der Waals surface area contributed by atoms with E-state index < -0.39 is 0 Å². The molecule has 6 aromatic carbocycles. The molecule has 50 heavy (non-hydrogen) atoms. The number of rotatable bonds is 3. The van der Waals surface area contributed by atoms with Crippen molar-refractivity contribution in [2.24, 2.45) is 0 Å². The van der Waals surface area contributed by atoms with Gasteiger partial charge in [-0.2, -0.15) is 0 Å². The zero-order chi connectivity index (χ0) is 34.6. The molecule has 0 saturated heterocycles. The highest BCUT2D eigenvalue weighted by Gasteiger charge is 2.17. The van der Waals surface area contributed by atoms with E-state index >= 15 is 0 Å². The summed E-state index contributed by atoms with van der Waals surface area (Å²) < 4.78 is 0. The molecule has 0 aliphatic carbocycles. The Hall–Kier alpha value is -7.08. The Bertz CT molecular complexity index is 2560. The number of aromatic nitrogens is 9. The number of hydrogen-bond acceptors (Lipinski definition) is 6. The highest BCUT2D eigenvalue weighted by atomic mass is 16.5. The van der Waals surface area contributed by atoms with Gasteiger partial charge in [-0.25, -0.2) is 0 Å². The molecule has 0 radical (unpaired) electrons. The summed E-state index contributed by atoms with van der Waals surface area (Å²) in [6, 6.07) is 46.6. The molecule has 9 rings (SSSR count). The second kappa shape index (κ2) is 13.6. The van der Waals surface area contributed by atoms with E-state index in [4.69, 9.17) is 0 Å². The molecular weight excluding hydrogens is 630 g/mol. The third kappa shape index (κ3) is 6.16. The summed E-state index contributed by atoms with van der Waals surface area (Å²) in [6.07, 6.45) is 0. The Balaban J connectivity index is 0.000000118. The minimum atomic E-state index is 0.575. The van der Waals surface area contributed by atoms with Crippen molar-refractivity contribution < 1.29 is 14.5 Å². The lowest BCUT2D eigenvalue weighted by Gasteiger charge is -2.05. The molecule has 9 aromatic rings. The molecule has 0 spiro atoms. The molecule has 0 saturated carbocycles. The van der Waals surface area contributed by atoms with Crippen molar-refractivity contribution in [3.05, 3.63) is 178 Å². The van der Waals surface area contributed by atoms with Crippen LogP contribution < -0.4 is 14.5 Å². The lowest BCUT2D eigenvalue weighted by molar-refractivity contribution is -0.664. The Kier molecular flexibility index (Phi) is 8.55. The van der Waals surface area contributed by atoms with E-state index in [-0.39, 0.29) is 0 Å². The van der Waals surface area contributed by atoms with Gasteiger partial charge in [-0.3, -0.25) is 0 Å². The maximum absolute atomic E-state index is 12.1. The Morgan fingerprint density at radius 3 is 1.26 bits per heavy atom. The van der Waals surface area contributed by atoms with Gasteiger partial charge in [0.2, 0.25) is 33.1 Å². The van der Waals surface area contributed by atoms with Crippen LogP contribution in [-0.4, -0.2) is 29.7 Å². The second-order valence-corrected chi connectivity index (χ2v) is 11.4. The first kappa shape index (κ1) is 31.5. The van der Waals surface area contributed by atoms with E-state index in [9.17, 15) is 15.6 Å². The fraction of sp³-hybridized carbons (Fsp3) is 0.0526. The van der Waals surface area contributed by atoms with E-state index in [1.165, 1.54) is 14.4 Å². The van der Waals surface area contributed by atoms with Gasteiger partial charge in [0, 0.05) is 0 Å². The minimum Gasteiger partial charge on any atom is -0.692 e. The molecule has 0 bridgehead atoms. The zero-order valence-electron chi connectivity index (χ0n) is 27.2. The summed E-state index contributed by atoms with van der Waals surface area (Å²) >= 11 is 0. The van der Waals surface area contributed by atoms with Crippen molar-refractivity contribution >= 4 is 33.1 Å². The van der Waals surface area contributed by atoms with Crippen molar-refractivity contribution in [2.45, 2.75) is 13.8 Å². The molecule has 0 aliphatic rings. The maximum atomic E-state index is 12.1. The third-order valence-corrected chi connectivity index (χ3v) is 7.97. The molecule has 0 atom stereocenters. The molecule has 0 aliphatic heterocycles. The van der Waals surface area contributed by atoms with Gasteiger partial charge in [0.1, 0.15) is 17.1 Å². The average Bonchev–Trinajstić information content (AvgIpc) is 3.80. The summed E-state index contributed by atoms with van der Waals surface area (Å²) in [6.45, 7) is 3.97. The largest absolute Gasteiger partial charge is 0.692 e. The predicted octanol–water partition coefficient (Wildman–Crippen LogP) is 5.59. The van der Waals surface area contributed by atoms with Gasteiger partial charge in [0.05, 0.1) is 15.3 Å². The minimum absolute atomic E-state index is 0.575. The van der Waals surface area contributed by atoms with Gasteiger partial charge in [-0.1, -0.05) is 90.5 Å². The molecule has 3 aromatic heterocycles. The van der Waals surface area contributed by atoms with Crippen molar-refractivity contribution in [2.75, 3.05) is 0 Å². The molecular formula is C38H31N9O3. The SMILES string of the molecule is Cc1ccc(-n2nc3ccccc3[n+]2[O-])cc1.Cc1ccccc1-n1nc2ccccc2[n+]1[O-].[O-][n+]1c2ccccc2nn1-c1ccccc1. The Morgan fingerprint density at radius 2 is 0.780 bits per heavy atom. The van der Waals surface area contributed by atoms with E-state index in [1.807, 2.05) is 147 Å². The summed E-state index contributed by atoms with van der Waals surface area (Å²) in [7, 11) is 0. The van der Waals surface area contributed by atoms with Crippen molar-refractivity contribution in [3.8, 4) is 17.1 Å². The molecule has 0 amide bonds. The third-order valence-electron chi connectivity index (χ3n) is 7.97. The second-order valence-electron chi connectivity index (χ2n) is 11.4. The van der Waals surface area contributed by atoms with Crippen LogP contribution in [0.3, 0.4) is 0 Å². The summed E-state index contributed by atoms with van der Waals surface area (Å²) in [5.41, 5.74) is 8.33. The normalized spacial score (nSPS) is 10.8. The van der Waals surface area contributed by atoms with Gasteiger partial charge in [-0.15, -0.1) is 14.5 Å².